The Balaban J connectivity index is 2.03. The van der Waals surface area contributed by atoms with E-state index in [-0.39, 0.29) is 0 Å². The Morgan fingerprint density at radius 3 is 2.31 bits per heavy atom. The van der Waals surface area contributed by atoms with Gasteiger partial charge in [-0.2, -0.15) is 0 Å². The first kappa shape index (κ1) is 8.89. The largest absolute Gasteiger partial charge is 0.371 e. The van der Waals surface area contributed by atoms with Crippen molar-refractivity contribution in [1.29, 1.82) is 0 Å². The van der Waals surface area contributed by atoms with Crippen LogP contribution in [0.5, 0.6) is 0 Å². The summed E-state index contributed by atoms with van der Waals surface area (Å²) < 4.78 is 0. The van der Waals surface area contributed by atoms with Gasteiger partial charge in [0.05, 0.1) is 0 Å². The fourth-order valence-corrected chi connectivity index (χ4v) is 1.94. The molecule has 2 heteroatoms. The van der Waals surface area contributed by atoms with Crippen molar-refractivity contribution in [3.63, 3.8) is 0 Å². The van der Waals surface area contributed by atoms with Gasteiger partial charge in [0.1, 0.15) is 0 Å². The highest BCUT2D eigenvalue weighted by Gasteiger charge is 2.16. The third-order valence-corrected chi connectivity index (χ3v) is 2.98. The summed E-state index contributed by atoms with van der Waals surface area (Å²) in [5, 5.41) is 0.389. The van der Waals surface area contributed by atoms with Crippen molar-refractivity contribution in [2.24, 2.45) is 0 Å². The molecule has 1 fully saturated rings. The number of rotatable bonds is 1. The van der Waals surface area contributed by atoms with E-state index < -0.39 is 0 Å². The topological polar surface area (TPSA) is 3.24 Å². The van der Waals surface area contributed by atoms with E-state index in [1.165, 1.54) is 5.69 Å². The van der Waals surface area contributed by atoms with Crippen LogP contribution in [-0.2, 0) is 0 Å². The molecule has 1 nitrogen and oxygen atoms in total. The average molecular weight is 196 g/mol. The molecule has 13 heavy (non-hydrogen) atoms. The minimum absolute atomic E-state index is 0.389. The molecule has 0 atom stereocenters. The number of halogens is 1. The minimum atomic E-state index is 0.389. The molecule has 0 aliphatic carbocycles. The van der Waals surface area contributed by atoms with E-state index in [0.29, 0.717) is 5.38 Å². The van der Waals surface area contributed by atoms with Crippen molar-refractivity contribution in [2.75, 3.05) is 18.0 Å². The zero-order valence-corrected chi connectivity index (χ0v) is 8.37. The number of hydrogen-bond donors (Lipinski definition) is 0. The maximum Gasteiger partial charge on any atom is 0.0369 e. The van der Waals surface area contributed by atoms with Crippen LogP contribution in [0.4, 0.5) is 5.69 Å². The molecule has 0 radical (unpaired) electrons. The molecule has 1 aromatic carbocycles. The predicted octanol–water partition coefficient (Wildman–Crippen LogP) is 2.89. The second-order valence-corrected chi connectivity index (χ2v) is 4.11. The molecule has 1 aromatic rings. The first-order valence-electron chi connectivity index (χ1n) is 4.80. The fourth-order valence-electron chi connectivity index (χ4n) is 1.74. The van der Waals surface area contributed by atoms with Crippen LogP contribution in [-0.4, -0.2) is 18.5 Å². The van der Waals surface area contributed by atoms with E-state index in [2.05, 4.69) is 35.2 Å². The number of anilines is 1. The Morgan fingerprint density at radius 1 is 1.08 bits per heavy atom. The lowest BCUT2D eigenvalue weighted by atomic mass is 10.1. The molecule has 1 aliphatic rings. The molecule has 0 aromatic heterocycles. The molecule has 1 heterocycles. The van der Waals surface area contributed by atoms with E-state index in [1.54, 1.807) is 0 Å². The molecule has 0 N–H and O–H groups in total. The van der Waals surface area contributed by atoms with E-state index in [0.717, 1.165) is 25.9 Å². The van der Waals surface area contributed by atoms with Gasteiger partial charge in [-0.05, 0) is 25.0 Å². The van der Waals surface area contributed by atoms with Crippen LogP contribution in [0.2, 0.25) is 0 Å². The summed E-state index contributed by atoms with van der Waals surface area (Å²) in [4.78, 5) is 2.40. The normalized spacial score (nSPS) is 19.0. The van der Waals surface area contributed by atoms with Gasteiger partial charge >= 0.3 is 0 Å². The van der Waals surface area contributed by atoms with Gasteiger partial charge in [-0.15, -0.1) is 11.6 Å². The number of piperidine rings is 1. The summed E-state index contributed by atoms with van der Waals surface area (Å²) >= 11 is 6.04. The molecule has 1 saturated heterocycles. The van der Waals surface area contributed by atoms with E-state index in [9.17, 15) is 0 Å². The smallest absolute Gasteiger partial charge is 0.0369 e. The van der Waals surface area contributed by atoms with Crippen LogP contribution in [0, 0.1) is 0 Å². The lowest BCUT2D eigenvalue weighted by Crippen LogP contribution is -2.33. The van der Waals surface area contributed by atoms with Gasteiger partial charge < -0.3 is 4.90 Å². The van der Waals surface area contributed by atoms with Crippen LogP contribution in [0.15, 0.2) is 30.3 Å². The third kappa shape index (κ3) is 2.16. The molecule has 70 valence electrons. The summed E-state index contributed by atoms with van der Waals surface area (Å²) in [6.07, 6.45) is 2.22. The van der Waals surface area contributed by atoms with Crippen LogP contribution in [0.25, 0.3) is 0 Å². The minimum Gasteiger partial charge on any atom is -0.371 e. The van der Waals surface area contributed by atoms with Crippen LogP contribution in [0.3, 0.4) is 0 Å². The molecule has 1 aliphatic heterocycles. The maximum atomic E-state index is 6.04. The Bertz CT molecular complexity index is 252. The van der Waals surface area contributed by atoms with Gasteiger partial charge in [0, 0.05) is 24.2 Å². The highest BCUT2D eigenvalue weighted by atomic mass is 35.5. The van der Waals surface area contributed by atoms with E-state index in [1.807, 2.05) is 0 Å². The van der Waals surface area contributed by atoms with Crippen molar-refractivity contribution in [3.05, 3.63) is 30.3 Å². The number of benzene rings is 1. The van der Waals surface area contributed by atoms with Gasteiger partial charge in [-0.25, -0.2) is 0 Å². The van der Waals surface area contributed by atoms with E-state index in [4.69, 9.17) is 11.6 Å². The first-order valence-corrected chi connectivity index (χ1v) is 5.24. The van der Waals surface area contributed by atoms with Crippen molar-refractivity contribution in [1.82, 2.24) is 0 Å². The monoisotopic (exact) mass is 195 g/mol. The summed E-state index contributed by atoms with van der Waals surface area (Å²) in [5.41, 5.74) is 1.33. The van der Waals surface area contributed by atoms with Crippen molar-refractivity contribution in [3.8, 4) is 0 Å². The highest BCUT2D eigenvalue weighted by Crippen LogP contribution is 2.21. The zero-order chi connectivity index (χ0) is 9.10. The molecular weight excluding hydrogens is 182 g/mol. The number of nitrogens with zero attached hydrogens (tertiary/aromatic N) is 1. The standard InChI is InChI=1S/C11H14ClN/c12-10-6-8-13(9-7-10)11-4-2-1-3-5-11/h1-5,10H,6-9H2. The molecule has 0 amide bonds. The molecular formula is C11H14ClN. The maximum absolute atomic E-state index is 6.04. The second-order valence-electron chi connectivity index (χ2n) is 3.50. The lowest BCUT2D eigenvalue weighted by Gasteiger charge is -2.31. The summed E-state index contributed by atoms with van der Waals surface area (Å²) in [5.74, 6) is 0. The Labute approximate surface area is 84.3 Å². The molecule has 0 spiro atoms. The Morgan fingerprint density at radius 2 is 1.69 bits per heavy atom. The average Bonchev–Trinajstić information content (AvgIpc) is 2.20. The van der Waals surface area contributed by atoms with Crippen molar-refractivity contribution >= 4 is 17.3 Å². The first-order chi connectivity index (χ1) is 6.36. The van der Waals surface area contributed by atoms with Gasteiger partial charge in [-0.3, -0.25) is 0 Å². The highest BCUT2D eigenvalue weighted by molar-refractivity contribution is 6.20. The SMILES string of the molecule is ClC1CCN(c2ccccc2)CC1. The summed E-state index contributed by atoms with van der Waals surface area (Å²) in [6, 6.07) is 10.5. The lowest BCUT2D eigenvalue weighted by molar-refractivity contribution is 0.585. The Kier molecular flexibility index (Phi) is 2.74. The van der Waals surface area contributed by atoms with Gasteiger partial charge in [0.2, 0.25) is 0 Å². The second kappa shape index (κ2) is 4.01. The van der Waals surface area contributed by atoms with Crippen LogP contribution in [0.1, 0.15) is 12.8 Å². The number of para-hydroxylation sites is 1. The molecule has 2 rings (SSSR count). The molecule has 0 bridgehead atoms. The van der Waals surface area contributed by atoms with Crippen LogP contribution >= 0.6 is 11.6 Å². The number of hydrogen-bond acceptors (Lipinski definition) is 1. The third-order valence-electron chi connectivity index (χ3n) is 2.55. The summed E-state index contributed by atoms with van der Waals surface area (Å²) in [6.45, 7) is 2.19. The predicted molar refractivity (Wildman–Crippen MR) is 57.5 cm³/mol. The zero-order valence-electron chi connectivity index (χ0n) is 7.62. The van der Waals surface area contributed by atoms with Crippen LogP contribution < -0.4 is 4.90 Å². The number of alkyl halides is 1. The molecule has 0 unspecified atom stereocenters. The summed E-state index contributed by atoms with van der Waals surface area (Å²) in [7, 11) is 0. The van der Waals surface area contributed by atoms with Gasteiger partial charge in [-0.1, -0.05) is 18.2 Å². The van der Waals surface area contributed by atoms with Gasteiger partial charge in [0.25, 0.3) is 0 Å². The fraction of sp³-hybridized carbons (Fsp3) is 0.455. The van der Waals surface area contributed by atoms with E-state index >= 15 is 0 Å². The Hall–Kier alpha value is -0.690. The molecule has 0 saturated carbocycles. The quantitative estimate of drug-likeness (QED) is 0.623. The van der Waals surface area contributed by atoms with Gasteiger partial charge in [0.15, 0.2) is 0 Å². The van der Waals surface area contributed by atoms with Crippen molar-refractivity contribution < 1.29 is 0 Å². The van der Waals surface area contributed by atoms with Crippen molar-refractivity contribution in [2.45, 2.75) is 18.2 Å².